The van der Waals surface area contributed by atoms with Gasteiger partial charge in [-0.25, -0.2) is 17.5 Å². The molecule has 1 unspecified atom stereocenters. The van der Waals surface area contributed by atoms with E-state index in [9.17, 15) is 18.0 Å². The predicted octanol–water partition coefficient (Wildman–Crippen LogP) is 0.645. The molecule has 7 nitrogen and oxygen atoms in total. The van der Waals surface area contributed by atoms with Gasteiger partial charge in [0.2, 0.25) is 15.3 Å². The van der Waals surface area contributed by atoms with Crippen molar-refractivity contribution in [2.75, 3.05) is 21.1 Å². The highest BCUT2D eigenvalue weighted by Gasteiger charge is 2.52. The van der Waals surface area contributed by atoms with Gasteiger partial charge in [-0.2, -0.15) is 14.3 Å². The van der Waals surface area contributed by atoms with E-state index in [1.807, 2.05) is 0 Å². The maximum atomic E-state index is 12.9. The summed E-state index contributed by atoms with van der Waals surface area (Å²) < 4.78 is 28.4. The summed E-state index contributed by atoms with van der Waals surface area (Å²) in [5.74, 6) is -0.678. The number of imide groups is 1. The number of sulfonamides is 1. The van der Waals surface area contributed by atoms with Crippen LogP contribution in [-0.4, -0.2) is 72.3 Å². The summed E-state index contributed by atoms with van der Waals surface area (Å²) in [6.07, 6.45) is 4.77. The molecule has 2 rings (SSSR count). The third-order valence-electron chi connectivity index (χ3n) is 4.83. The molecule has 8 heteroatoms. The van der Waals surface area contributed by atoms with E-state index in [1.54, 1.807) is 7.05 Å². The van der Waals surface area contributed by atoms with Crippen molar-refractivity contribution in [3.63, 3.8) is 0 Å². The van der Waals surface area contributed by atoms with Crippen molar-refractivity contribution >= 4 is 27.7 Å². The first-order valence-corrected chi connectivity index (χ1v) is 9.05. The fraction of sp³-hybridized carbons (Fsp3) is 0.786. The van der Waals surface area contributed by atoms with Crippen molar-refractivity contribution in [3.05, 3.63) is 0 Å². The second-order valence-electron chi connectivity index (χ2n) is 6.11. The van der Waals surface area contributed by atoms with Gasteiger partial charge in [0.15, 0.2) is 0 Å². The zero-order valence-electron chi connectivity index (χ0n) is 13.6. The number of urea groups is 1. The van der Waals surface area contributed by atoms with Crippen molar-refractivity contribution in [1.29, 1.82) is 0 Å². The Morgan fingerprint density at radius 1 is 1.18 bits per heavy atom. The molecule has 0 saturated heterocycles. The average Bonchev–Trinajstić information content (AvgIpc) is 2.51. The Kier molecular flexibility index (Phi) is 4.72. The lowest BCUT2D eigenvalue weighted by Crippen LogP contribution is -2.60. The molecule has 0 spiro atoms. The molecular weight excluding hydrogens is 306 g/mol. The number of carbonyl (C=O) groups excluding carboxylic acids is 2. The summed E-state index contributed by atoms with van der Waals surface area (Å²) in [4.78, 5) is 25.1. The quantitative estimate of drug-likeness (QED) is 0.712. The first-order chi connectivity index (χ1) is 10.2. The third-order valence-corrected chi connectivity index (χ3v) is 7.06. The summed E-state index contributed by atoms with van der Waals surface area (Å²) in [6, 6.07) is -0.568. The van der Waals surface area contributed by atoms with Gasteiger partial charge in [-0.1, -0.05) is 19.3 Å². The molecule has 0 aromatic carbocycles. The fourth-order valence-corrected chi connectivity index (χ4v) is 5.12. The van der Waals surface area contributed by atoms with E-state index in [1.165, 1.54) is 29.9 Å². The smallest absolute Gasteiger partial charge is 0.245 e. The van der Waals surface area contributed by atoms with Gasteiger partial charge < -0.3 is 0 Å². The molecule has 1 heterocycles. The van der Waals surface area contributed by atoms with Crippen LogP contribution in [0.5, 0.6) is 0 Å². The minimum Gasteiger partial charge on any atom is -0.245 e. The Balaban J connectivity index is 2.39. The normalized spacial score (nSPS) is 25.3. The van der Waals surface area contributed by atoms with E-state index in [-0.39, 0.29) is 11.8 Å². The van der Waals surface area contributed by atoms with Crippen LogP contribution in [0.2, 0.25) is 0 Å². The van der Waals surface area contributed by atoms with Crippen LogP contribution >= 0.6 is 0 Å². The van der Waals surface area contributed by atoms with Gasteiger partial charge in [-0.05, 0) is 19.8 Å². The lowest BCUT2D eigenvalue weighted by Gasteiger charge is -2.33. The molecule has 124 valence electrons. The molecule has 0 N–H and O–H groups in total. The van der Waals surface area contributed by atoms with E-state index in [0.717, 1.165) is 37.0 Å². The second kappa shape index (κ2) is 6.08. The number of rotatable bonds is 3. The zero-order chi connectivity index (χ0) is 16.7. The van der Waals surface area contributed by atoms with Crippen LogP contribution in [0.1, 0.15) is 39.0 Å². The standard InChI is InChI=1S/C14H24N3O4S/c1-10-12(13(18)16(3)14(19)15(10)2)22(20,21)17(4)11-8-6-5-7-9-11/h11-12H,5-9H2,1-4H3/q+1. The summed E-state index contributed by atoms with van der Waals surface area (Å²) >= 11 is 0. The maximum Gasteiger partial charge on any atom is 0.500 e. The number of amides is 3. The zero-order valence-corrected chi connectivity index (χ0v) is 14.4. The topological polar surface area (TPSA) is 77.8 Å². The Labute approximate surface area is 131 Å². The Hall–Kier alpha value is -1.28. The SMILES string of the molecule is CC1=[N+](C)C(=O)N(C)C(=O)C1S(=O)(=O)N(C)C1CCCCC1. The Morgan fingerprint density at radius 2 is 1.73 bits per heavy atom. The molecule has 0 aromatic rings. The fourth-order valence-electron chi connectivity index (χ4n) is 3.16. The van der Waals surface area contributed by atoms with Crippen molar-refractivity contribution in [2.24, 2.45) is 0 Å². The van der Waals surface area contributed by atoms with E-state index < -0.39 is 27.2 Å². The number of hydrogen-bond donors (Lipinski definition) is 0. The summed E-state index contributed by atoms with van der Waals surface area (Å²) in [5.41, 5.74) is 0.260. The lowest BCUT2D eigenvalue weighted by molar-refractivity contribution is -0.405. The van der Waals surface area contributed by atoms with E-state index >= 15 is 0 Å². The van der Waals surface area contributed by atoms with E-state index in [4.69, 9.17) is 0 Å². The summed E-state index contributed by atoms with van der Waals surface area (Å²) in [7, 11) is 0.512. The molecule has 3 amide bonds. The first-order valence-electron chi connectivity index (χ1n) is 7.55. The number of hydrogen-bond acceptors (Lipinski definition) is 4. The first kappa shape index (κ1) is 17.1. The molecule has 22 heavy (non-hydrogen) atoms. The molecule has 1 saturated carbocycles. The monoisotopic (exact) mass is 330 g/mol. The lowest BCUT2D eigenvalue weighted by atomic mass is 9.96. The van der Waals surface area contributed by atoms with Gasteiger partial charge >= 0.3 is 11.9 Å². The second-order valence-corrected chi connectivity index (χ2v) is 8.19. The van der Waals surface area contributed by atoms with Crippen LogP contribution in [0, 0.1) is 0 Å². The van der Waals surface area contributed by atoms with Gasteiger partial charge in [0, 0.05) is 13.1 Å². The molecule has 1 aliphatic heterocycles. The van der Waals surface area contributed by atoms with Crippen LogP contribution in [0.3, 0.4) is 0 Å². The van der Waals surface area contributed by atoms with Crippen LogP contribution in [-0.2, 0) is 14.8 Å². The molecule has 0 aromatic heterocycles. The largest absolute Gasteiger partial charge is 0.500 e. The minimum atomic E-state index is -3.84. The molecule has 0 bridgehead atoms. The Bertz CT molecular complexity index is 620. The van der Waals surface area contributed by atoms with Crippen molar-refractivity contribution < 1.29 is 22.6 Å². The molecule has 1 atom stereocenters. The van der Waals surface area contributed by atoms with E-state index in [2.05, 4.69) is 0 Å². The Morgan fingerprint density at radius 3 is 2.27 bits per heavy atom. The molecule has 2 aliphatic rings. The van der Waals surface area contributed by atoms with Gasteiger partial charge in [0.25, 0.3) is 0 Å². The highest BCUT2D eigenvalue weighted by Crippen LogP contribution is 2.26. The van der Waals surface area contributed by atoms with Crippen LogP contribution in [0.4, 0.5) is 4.79 Å². The summed E-state index contributed by atoms with van der Waals surface area (Å²) in [5, 5.41) is -1.31. The highest BCUT2D eigenvalue weighted by atomic mass is 32.2. The number of carbonyl (C=O) groups is 2. The highest BCUT2D eigenvalue weighted by molar-refractivity contribution is 7.91. The van der Waals surface area contributed by atoms with Crippen molar-refractivity contribution in [1.82, 2.24) is 9.21 Å². The third kappa shape index (κ3) is 2.69. The number of nitrogens with zero attached hydrogens (tertiary/aromatic N) is 3. The van der Waals surface area contributed by atoms with Crippen LogP contribution in [0.15, 0.2) is 0 Å². The van der Waals surface area contributed by atoms with Crippen molar-refractivity contribution in [3.8, 4) is 0 Å². The molecular formula is C14H24N3O4S+. The van der Waals surface area contributed by atoms with Gasteiger partial charge in [-0.15, -0.1) is 0 Å². The minimum absolute atomic E-state index is 0.0624. The summed E-state index contributed by atoms with van der Waals surface area (Å²) in [6.45, 7) is 1.53. The maximum absolute atomic E-state index is 12.9. The molecule has 0 radical (unpaired) electrons. The van der Waals surface area contributed by atoms with Crippen LogP contribution in [0.25, 0.3) is 0 Å². The van der Waals surface area contributed by atoms with Crippen LogP contribution < -0.4 is 0 Å². The van der Waals surface area contributed by atoms with Gasteiger partial charge in [-0.3, -0.25) is 0 Å². The van der Waals surface area contributed by atoms with E-state index in [0.29, 0.717) is 0 Å². The predicted molar refractivity (Wildman–Crippen MR) is 82.4 cm³/mol. The average molecular weight is 330 g/mol. The van der Waals surface area contributed by atoms with Gasteiger partial charge in [0.1, 0.15) is 5.71 Å². The molecule has 1 aliphatic carbocycles. The molecule has 1 fully saturated rings. The van der Waals surface area contributed by atoms with Crippen molar-refractivity contribution in [2.45, 2.75) is 50.3 Å². The van der Waals surface area contributed by atoms with Gasteiger partial charge in [0.05, 0.1) is 14.1 Å².